The van der Waals surface area contributed by atoms with Crippen molar-refractivity contribution in [2.75, 3.05) is 12.4 Å². The monoisotopic (exact) mass is 280 g/mol. The molecular formula is C14H16O4S. The van der Waals surface area contributed by atoms with Gasteiger partial charge in [-0.3, -0.25) is 4.79 Å². The number of rotatable bonds is 6. The highest BCUT2D eigenvalue weighted by molar-refractivity contribution is 8.13. The van der Waals surface area contributed by atoms with Crippen molar-refractivity contribution in [3.8, 4) is 5.75 Å². The fourth-order valence-corrected chi connectivity index (χ4v) is 1.94. The first-order valence-electron chi connectivity index (χ1n) is 5.83. The Morgan fingerprint density at radius 2 is 1.95 bits per heavy atom. The highest BCUT2D eigenvalue weighted by atomic mass is 32.2. The Balaban J connectivity index is 2.82. The van der Waals surface area contributed by atoms with Gasteiger partial charge in [-0.2, -0.15) is 0 Å². The molecule has 0 saturated heterocycles. The van der Waals surface area contributed by atoms with Crippen LogP contribution in [0.4, 0.5) is 0 Å². The van der Waals surface area contributed by atoms with Crippen LogP contribution < -0.4 is 4.74 Å². The quantitative estimate of drug-likeness (QED) is 0.812. The largest absolute Gasteiger partial charge is 0.494 e. The summed E-state index contributed by atoms with van der Waals surface area (Å²) in [5, 5.41) is 8.97. The molecule has 4 nitrogen and oxygen atoms in total. The van der Waals surface area contributed by atoms with E-state index in [2.05, 4.69) is 0 Å². The maximum absolute atomic E-state index is 11.1. The Morgan fingerprint density at radius 3 is 2.42 bits per heavy atom. The molecule has 0 saturated carbocycles. The first-order valence-corrected chi connectivity index (χ1v) is 6.81. The van der Waals surface area contributed by atoms with E-state index >= 15 is 0 Å². The van der Waals surface area contributed by atoms with Gasteiger partial charge in [0.15, 0.2) is 5.12 Å². The molecule has 0 amide bonds. The second kappa shape index (κ2) is 7.63. The normalized spacial score (nSPS) is 11.2. The molecule has 19 heavy (non-hydrogen) atoms. The molecule has 1 N–H and O–H groups in total. The summed E-state index contributed by atoms with van der Waals surface area (Å²) in [4.78, 5) is 21.9. The predicted molar refractivity (Wildman–Crippen MR) is 76.4 cm³/mol. The van der Waals surface area contributed by atoms with Crippen molar-refractivity contribution in [1.29, 1.82) is 0 Å². The van der Waals surface area contributed by atoms with Crippen LogP contribution in [0, 0.1) is 0 Å². The molecule has 102 valence electrons. The van der Waals surface area contributed by atoms with E-state index < -0.39 is 5.97 Å². The molecule has 0 aliphatic heterocycles. The number of hydrogen-bond acceptors (Lipinski definition) is 4. The van der Waals surface area contributed by atoms with E-state index in [1.807, 2.05) is 6.92 Å². The third-order valence-corrected chi connectivity index (χ3v) is 3.10. The molecular weight excluding hydrogens is 264 g/mol. The molecule has 0 radical (unpaired) electrons. The molecule has 0 unspecified atom stereocenters. The lowest BCUT2D eigenvalue weighted by molar-refractivity contribution is -0.132. The van der Waals surface area contributed by atoms with Gasteiger partial charge in [0.05, 0.1) is 6.61 Å². The third-order valence-electron chi connectivity index (χ3n) is 2.24. The van der Waals surface area contributed by atoms with Gasteiger partial charge in [-0.1, -0.05) is 23.9 Å². The second-order valence-corrected chi connectivity index (χ2v) is 4.91. The van der Waals surface area contributed by atoms with E-state index in [9.17, 15) is 9.59 Å². The molecule has 1 aromatic carbocycles. The summed E-state index contributed by atoms with van der Waals surface area (Å²) in [6, 6.07) is 7.14. The molecule has 0 aliphatic rings. The number of carboxylic acid groups (broad SMARTS) is 1. The van der Waals surface area contributed by atoms with Crippen LogP contribution in [0.15, 0.2) is 29.8 Å². The van der Waals surface area contributed by atoms with Crippen LogP contribution in [-0.4, -0.2) is 28.6 Å². The molecule has 1 aromatic rings. The van der Waals surface area contributed by atoms with Gasteiger partial charge in [-0.15, -0.1) is 0 Å². The summed E-state index contributed by atoms with van der Waals surface area (Å²) >= 11 is 0.986. The predicted octanol–water partition coefficient (Wildman–Crippen LogP) is 2.83. The minimum Gasteiger partial charge on any atom is -0.494 e. The minimum absolute atomic E-state index is 0.0983. The zero-order chi connectivity index (χ0) is 14.3. The van der Waals surface area contributed by atoms with Gasteiger partial charge in [0.1, 0.15) is 5.75 Å². The van der Waals surface area contributed by atoms with Crippen molar-refractivity contribution in [2.24, 2.45) is 0 Å². The van der Waals surface area contributed by atoms with Crippen LogP contribution in [0.2, 0.25) is 0 Å². The average molecular weight is 280 g/mol. The highest BCUT2D eigenvalue weighted by Gasteiger charge is 2.09. The van der Waals surface area contributed by atoms with Crippen molar-refractivity contribution in [3.05, 3.63) is 35.4 Å². The number of carbonyl (C=O) groups excluding carboxylic acids is 1. The number of carbonyl (C=O) groups is 2. The third kappa shape index (κ3) is 5.61. The Hall–Kier alpha value is -1.75. The Kier molecular flexibility index (Phi) is 6.15. The topological polar surface area (TPSA) is 63.6 Å². The van der Waals surface area contributed by atoms with Gasteiger partial charge in [0.25, 0.3) is 0 Å². The standard InChI is InChI=1S/C14H16O4S/c1-3-18-13-6-4-11(5-7-13)8-12(14(16)17)9-19-10(2)15/h4-8H,3,9H2,1-2H3,(H,16,17)/b12-8+. The van der Waals surface area contributed by atoms with Crippen LogP contribution in [0.25, 0.3) is 6.08 Å². The number of hydrogen-bond donors (Lipinski definition) is 1. The van der Waals surface area contributed by atoms with Crippen molar-refractivity contribution in [3.63, 3.8) is 0 Å². The summed E-state index contributed by atoms with van der Waals surface area (Å²) in [7, 11) is 0. The maximum Gasteiger partial charge on any atom is 0.332 e. The number of ether oxygens (including phenoxy) is 1. The van der Waals surface area contributed by atoms with E-state index in [0.29, 0.717) is 6.61 Å². The fraction of sp³-hybridized carbons (Fsp3) is 0.286. The molecule has 0 spiro atoms. The fourth-order valence-electron chi connectivity index (χ4n) is 1.37. The Bertz CT molecular complexity index is 477. The summed E-state index contributed by atoms with van der Waals surface area (Å²) in [6.07, 6.45) is 1.56. The van der Waals surface area contributed by atoms with Gasteiger partial charge in [0.2, 0.25) is 0 Å². The van der Waals surface area contributed by atoms with Gasteiger partial charge < -0.3 is 9.84 Å². The van der Waals surface area contributed by atoms with Gasteiger partial charge in [-0.25, -0.2) is 4.79 Å². The summed E-state index contributed by atoms with van der Waals surface area (Å²) in [5.74, 6) is -0.102. The molecule has 0 aromatic heterocycles. The molecule has 0 aliphatic carbocycles. The number of thioether (sulfide) groups is 1. The van der Waals surface area contributed by atoms with Gasteiger partial charge >= 0.3 is 5.97 Å². The van der Waals surface area contributed by atoms with E-state index in [0.717, 1.165) is 23.1 Å². The first kappa shape index (κ1) is 15.3. The summed E-state index contributed by atoms with van der Waals surface area (Å²) < 4.78 is 5.31. The van der Waals surface area contributed by atoms with Crippen LogP contribution in [0.3, 0.4) is 0 Å². The first-order chi connectivity index (χ1) is 9.02. The van der Waals surface area contributed by atoms with Crippen LogP contribution in [0.5, 0.6) is 5.75 Å². The number of aliphatic carboxylic acids is 1. The molecule has 0 fully saturated rings. The zero-order valence-electron chi connectivity index (χ0n) is 10.9. The summed E-state index contributed by atoms with van der Waals surface area (Å²) in [6.45, 7) is 3.90. The lowest BCUT2D eigenvalue weighted by Gasteiger charge is -2.04. The Morgan fingerprint density at radius 1 is 1.32 bits per heavy atom. The van der Waals surface area contributed by atoms with Crippen molar-refractivity contribution in [2.45, 2.75) is 13.8 Å². The molecule has 5 heteroatoms. The van der Waals surface area contributed by atoms with E-state index in [4.69, 9.17) is 9.84 Å². The lowest BCUT2D eigenvalue weighted by atomic mass is 10.1. The lowest BCUT2D eigenvalue weighted by Crippen LogP contribution is -2.04. The Labute approximate surface area is 116 Å². The maximum atomic E-state index is 11.1. The molecule has 0 atom stereocenters. The number of carboxylic acids is 1. The van der Waals surface area contributed by atoms with E-state index in [1.165, 1.54) is 6.92 Å². The van der Waals surface area contributed by atoms with Gasteiger partial charge in [0, 0.05) is 18.2 Å². The average Bonchev–Trinajstić information content (AvgIpc) is 2.36. The molecule has 0 heterocycles. The van der Waals surface area contributed by atoms with Crippen LogP contribution in [-0.2, 0) is 9.59 Å². The molecule has 1 rings (SSSR count). The molecule has 0 bridgehead atoms. The van der Waals surface area contributed by atoms with E-state index in [1.54, 1.807) is 30.3 Å². The van der Waals surface area contributed by atoms with Crippen molar-refractivity contribution in [1.82, 2.24) is 0 Å². The van der Waals surface area contributed by atoms with Crippen LogP contribution in [0.1, 0.15) is 19.4 Å². The minimum atomic E-state index is -1.01. The zero-order valence-corrected chi connectivity index (χ0v) is 11.7. The smallest absolute Gasteiger partial charge is 0.332 e. The van der Waals surface area contributed by atoms with Crippen molar-refractivity contribution >= 4 is 28.9 Å². The SMILES string of the molecule is CCOc1ccc(/C=C(\CSC(C)=O)C(=O)O)cc1. The second-order valence-electron chi connectivity index (χ2n) is 3.76. The van der Waals surface area contributed by atoms with Crippen LogP contribution >= 0.6 is 11.8 Å². The number of benzene rings is 1. The highest BCUT2D eigenvalue weighted by Crippen LogP contribution is 2.17. The summed E-state index contributed by atoms with van der Waals surface area (Å²) in [5.41, 5.74) is 0.967. The van der Waals surface area contributed by atoms with E-state index in [-0.39, 0.29) is 16.4 Å². The van der Waals surface area contributed by atoms with Gasteiger partial charge in [-0.05, 0) is 30.7 Å². The van der Waals surface area contributed by atoms with Crippen molar-refractivity contribution < 1.29 is 19.4 Å².